The Morgan fingerprint density at radius 1 is 1.29 bits per heavy atom. The first-order valence-corrected chi connectivity index (χ1v) is 5.51. The molecule has 0 unspecified atom stereocenters. The highest BCUT2D eigenvalue weighted by Crippen LogP contribution is 2.26. The van der Waals surface area contributed by atoms with E-state index in [1.165, 1.54) is 0 Å². The van der Waals surface area contributed by atoms with Gasteiger partial charge in [0.15, 0.2) is 0 Å². The molecular weight excluding hydrogens is 310 g/mol. The van der Waals surface area contributed by atoms with Crippen molar-refractivity contribution in [1.82, 2.24) is 9.55 Å². The van der Waals surface area contributed by atoms with Crippen LogP contribution in [0.4, 0.5) is 5.95 Å². The Hall–Kier alpha value is -0.810. The number of imidazole rings is 1. The average molecular weight is 317 g/mol. The fourth-order valence-corrected chi connectivity index (χ4v) is 1.98. The van der Waals surface area contributed by atoms with Gasteiger partial charge >= 0.3 is 0 Å². The summed E-state index contributed by atoms with van der Waals surface area (Å²) in [6, 6.07) is 5.89. The summed E-state index contributed by atoms with van der Waals surface area (Å²) in [4.78, 5) is 3.97. The molecule has 0 saturated heterocycles. The molecule has 0 aliphatic rings. The third kappa shape index (κ3) is 1.69. The summed E-state index contributed by atoms with van der Waals surface area (Å²) in [5, 5.41) is 0. The lowest BCUT2D eigenvalue weighted by molar-refractivity contribution is 1.06. The van der Waals surface area contributed by atoms with Crippen LogP contribution in [0.5, 0.6) is 0 Å². The van der Waals surface area contributed by atoms with Crippen LogP contribution in [0, 0.1) is 0 Å². The number of hydrogen-bond donors (Lipinski definition) is 1. The van der Waals surface area contributed by atoms with E-state index in [0.29, 0.717) is 5.95 Å². The third-order valence-electron chi connectivity index (χ3n) is 1.84. The Labute approximate surface area is 98.2 Å². The van der Waals surface area contributed by atoms with Gasteiger partial charge in [-0.05, 0) is 34.1 Å². The number of nitrogens with two attached hydrogens (primary N) is 1. The second kappa shape index (κ2) is 3.74. The van der Waals surface area contributed by atoms with Gasteiger partial charge in [0, 0.05) is 21.3 Å². The fraction of sp³-hybridized carbons (Fsp3) is 0. The third-order valence-corrected chi connectivity index (χ3v) is 3.00. The first-order valence-electron chi connectivity index (χ1n) is 3.93. The normalized spacial score (nSPS) is 10.4. The lowest BCUT2D eigenvalue weighted by Crippen LogP contribution is -2.00. The van der Waals surface area contributed by atoms with Crippen molar-refractivity contribution < 1.29 is 0 Å². The van der Waals surface area contributed by atoms with E-state index in [0.717, 1.165) is 14.6 Å². The molecule has 2 N–H and O–H groups in total. The van der Waals surface area contributed by atoms with Crippen LogP contribution in [0.1, 0.15) is 0 Å². The average Bonchev–Trinajstić information content (AvgIpc) is 2.56. The molecule has 0 radical (unpaired) electrons. The Morgan fingerprint density at radius 2 is 2.07 bits per heavy atom. The lowest BCUT2D eigenvalue weighted by Gasteiger charge is -2.07. The summed E-state index contributed by atoms with van der Waals surface area (Å²) in [5.41, 5.74) is 6.67. The Balaban J connectivity index is 2.62. The van der Waals surface area contributed by atoms with Crippen LogP contribution in [-0.2, 0) is 0 Å². The quantitative estimate of drug-likeness (QED) is 0.879. The number of anilines is 1. The number of nitrogen functional groups attached to an aromatic ring is 1. The molecule has 5 heteroatoms. The van der Waals surface area contributed by atoms with Gasteiger partial charge < -0.3 is 5.73 Å². The Kier molecular flexibility index (Phi) is 2.60. The van der Waals surface area contributed by atoms with Gasteiger partial charge in [0.05, 0.1) is 5.69 Å². The minimum Gasteiger partial charge on any atom is -0.369 e. The van der Waals surface area contributed by atoms with Crippen molar-refractivity contribution in [3.8, 4) is 5.69 Å². The summed E-state index contributed by atoms with van der Waals surface area (Å²) in [6.07, 6.45) is 3.49. The van der Waals surface area contributed by atoms with Gasteiger partial charge in [-0.15, -0.1) is 0 Å². The highest BCUT2D eigenvalue weighted by molar-refractivity contribution is 9.11. The van der Waals surface area contributed by atoms with Crippen LogP contribution in [0.2, 0.25) is 0 Å². The van der Waals surface area contributed by atoms with Crippen LogP contribution in [0.3, 0.4) is 0 Å². The minimum atomic E-state index is 0.476. The van der Waals surface area contributed by atoms with Gasteiger partial charge in [-0.25, -0.2) is 4.98 Å². The standard InChI is InChI=1S/C9H7Br2N3/c10-6-1-2-7(11)8(5-6)14-4-3-13-9(14)12/h1-5H,(H2,12,13). The molecule has 1 heterocycles. The SMILES string of the molecule is Nc1nccn1-c1cc(Br)ccc1Br. The molecule has 0 aliphatic carbocycles. The monoisotopic (exact) mass is 315 g/mol. The van der Waals surface area contributed by atoms with Crippen LogP contribution in [0.25, 0.3) is 5.69 Å². The zero-order valence-corrected chi connectivity index (χ0v) is 10.3. The van der Waals surface area contributed by atoms with Crippen LogP contribution in [0.15, 0.2) is 39.5 Å². The Bertz CT molecular complexity index is 465. The molecule has 1 aromatic heterocycles. The molecule has 14 heavy (non-hydrogen) atoms. The molecule has 1 aromatic carbocycles. The van der Waals surface area contributed by atoms with E-state index in [4.69, 9.17) is 5.73 Å². The molecule has 0 bridgehead atoms. The molecule has 0 aliphatic heterocycles. The van der Waals surface area contributed by atoms with Gasteiger partial charge in [-0.3, -0.25) is 4.57 Å². The van der Waals surface area contributed by atoms with Crippen molar-refractivity contribution in [3.05, 3.63) is 39.5 Å². The number of hydrogen-bond acceptors (Lipinski definition) is 2. The first kappa shape index (κ1) is 9.73. The maximum atomic E-state index is 5.71. The van der Waals surface area contributed by atoms with Crippen LogP contribution < -0.4 is 5.73 Å². The molecule has 0 saturated carbocycles. The van der Waals surface area contributed by atoms with Crippen LogP contribution in [-0.4, -0.2) is 9.55 Å². The largest absolute Gasteiger partial charge is 0.369 e. The first-order chi connectivity index (χ1) is 6.68. The zero-order chi connectivity index (χ0) is 10.1. The van der Waals surface area contributed by atoms with Gasteiger partial charge in [0.1, 0.15) is 0 Å². The van der Waals surface area contributed by atoms with Crippen molar-refractivity contribution in [2.24, 2.45) is 0 Å². The van der Waals surface area contributed by atoms with Gasteiger partial charge in [0.2, 0.25) is 5.95 Å². The predicted molar refractivity (Wildman–Crippen MR) is 63.4 cm³/mol. The maximum Gasteiger partial charge on any atom is 0.204 e. The van der Waals surface area contributed by atoms with E-state index >= 15 is 0 Å². The second-order valence-corrected chi connectivity index (χ2v) is 4.52. The molecule has 0 spiro atoms. The predicted octanol–water partition coefficient (Wildman–Crippen LogP) is 2.98. The number of benzene rings is 1. The summed E-state index contributed by atoms with van der Waals surface area (Å²) < 4.78 is 3.80. The van der Waals surface area contributed by atoms with E-state index < -0.39 is 0 Å². The number of rotatable bonds is 1. The van der Waals surface area contributed by atoms with Crippen molar-refractivity contribution in [1.29, 1.82) is 0 Å². The number of aromatic nitrogens is 2. The molecule has 72 valence electrons. The van der Waals surface area contributed by atoms with E-state index in [2.05, 4.69) is 36.8 Å². The van der Waals surface area contributed by atoms with Crippen molar-refractivity contribution in [2.75, 3.05) is 5.73 Å². The molecule has 3 nitrogen and oxygen atoms in total. The Morgan fingerprint density at radius 3 is 2.71 bits per heavy atom. The number of nitrogens with zero attached hydrogens (tertiary/aromatic N) is 2. The minimum absolute atomic E-state index is 0.476. The van der Waals surface area contributed by atoms with Crippen molar-refractivity contribution in [3.63, 3.8) is 0 Å². The number of halogens is 2. The highest BCUT2D eigenvalue weighted by Gasteiger charge is 2.05. The zero-order valence-electron chi connectivity index (χ0n) is 7.11. The molecule has 0 amide bonds. The van der Waals surface area contributed by atoms with E-state index in [9.17, 15) is 0 Å². The summed E-state index contributed by atoms with van der Waals surface area (Å²) in [7, 11) is 0. The van der Waals surface area contributed by atoms with E-state index in [-0.39, 0.29) is 0 Å². The van der Waals surface area contributed by atoms with Gasteiger partial charge in [0.25, 0.3) is 0 Å². The highest BCUT2D eigenvalue weighted by atomic mass is 79.9. The van der Waals surface area contributed by atoms with E-state index in [1.54, 1.807) is 6.20 Å². The summed E-state index contributed by atoms with van der Waals surface area (Å²) >= 11 is 6.87. The maximum absolute atomic E-state index is 5.71. The molecule has 0 fully saturated rings. The van der Waals surface area contributed by atoms with Crippen LogP contribution >= 0.6 is 31.9 Å². The fourth-order valence-electron chi connectivity index (χ4n) is 1.19. The summed E-state index contributed by atoms with van der Waals surface area (Å²) in [6.45, 7) is 0. The van der Waals surface area contributed by atoms with Crippen molar-refractivity contribution in [2.45, 2.75) is 0 Å². The smallest absolute Gasteiger partial charge is 0.204 e. The van der Waals surface area contributed by atoms with E-state index in [1.807, 2.05) is 29.0 Å². The van der Waals surface area contributed by atoms with Gasteiger partial charge in [-0.1, -0.05) is 15.9 Å². The molecule has 2 aromatic rings. The topological polar surface area (TPSA) is 43.8 Å². The molecule has 2 rings (SSSR count). The summed E-state index contributed by atoms with van der Waals surface area (Å²) in [5.74, 6) is 0.476. The second-order valence-electron chi connectivity index (χ2n) is 2.75. The van der Waals surface area contributed by atoms with Gasteiger partial charge in [-0.2, -0.15) is 0 Å². The lowest BCUT2D eigenvalue weighted by atomic mass is 10.3. The molecular formula is C9H7Br2N3. The van der Waals surface area contributed by atoms with Crippen molar-refractivity contribution >= 4 is 37.8 Å². The molecule has 0 atom stereocenters.